The summed E-state index contributed by atoms with van der Waals surface area (Å²) in [6.45, 7) is 0. The van der Waals surface area contributed by atoms with Gasteiger partial charge < -0.3 is 20.9 Å². The van der Waals surface area contributed by atoms with Crippen LogP contribution in [0.1, 0.15) is 81.2 Å². The molecule has 1 aromatic rings. The monoisotopic (exact) mass is 404 g/mol. The Morgan fingerprint density at radius 2 is 1.69 bits per heavy atom. The van der Waals surface area contributed by atoms with E-state index >= 15 is 0 Å². The van der Waals surface area contributed by atoms with E-state index in [-0.39, 0.29) is 17.6 Å². The molecule has 2 atom stereocenters. The van der Waals surface area contributed by atoms with Crippen molar-refractivity contribution in [1.29, 1.82) is 0 Å². The van der Waals surface area contributed by atoms with E-state index in [9.17, 15) is 14.4 Å². The number of nitrogens with zero attached hydrogens (tertiary/aromatic N) is 1. The maximum absolute atomic E-state index is 13.1. The van der Waals surface area contributed by atoms with E-state index < -0.39 is 23.9 Å². The minimum Gasteiger partial charge on any atom is -0.368 e. The second kappa shape index (κ2) is 10.4. The maximum Gasteiger partial charge on any atom is 0.290 e. The maximum atomic E-state index is 13.1. The number of rotatable bonds is 8. The predicted molar refractivity (Wildman–Crippen MR) is 107 cm³/mol. The molecular formula is C21H32N4O4. The molecule has 8 heteroatoms. The summed E-state index contributed by atoms with van der Waals surface area (Å²) in [5, 5.41) is 9.18. The molecule has 0 radical (unpaired) electrons. The lowest BCUT2D eigenvalue weighted by Crippen LogP contribution is -2.56. The Bertz CT molecular complexity index is 679. The summed E-state index contributed by atoms with van der Waals surface area (Å²) in [5.74, 6) is -0.847. The zero-order valence-corrected chi connectivity index (χ0v) is 16.9. The summed E-state index contributed by atoms with van der Waals surface area (Å²) in [6, 6.07) is 0.0269. The molecule has 160 valence electrons. The molecule has 1 heterocycles. The molecule has 2 saturated carbocycles. The van der Waals surface area contributed by atoms with Crippen molar-refractivity contribution in [3.8, 4) is 0 Å². The Labute approximate surface area is 171 Å². The minimum atomic E-state index is -0.735. The summed E-state index contributed by atoms with van der Waals surface area (Å²) >= 11 is 0. The number of carbonyl (C=O) groups is 3. The molecule has 29 heavy (non-hydrogen) atoms. The van der Waals surface area contributed by atoms with Gasteiger partial charge in [0.05, 0.1) is 6.20 Å². The van der Waals surface area contributed by atoms with Crippen molar-refractivity contribution in [2.45, 2.75) is 82.7 Å². The average molecular weight is 405 g/mol. The molecule has 0 saturated heterocycles. The molecule has 0 spiro atoms. The fourth-order valence-electron chi connectivity index (χ4n) is 4.69. The molecule has 2 aliphatic carbocycles. The second-order valence-electron chi connectivity index (χ2n) is 8.43. The summed E-state index contributed by atoms with van der Waals surface area (Å²) in [7, 11) is 0. The highest BCUT2D eigenvalue weighted by molar-refractivity contribution is 5.96. The van der Waals surface area contributed by atoms with Crippen molar-refractivity contribution in [3.05, 3.63) is 18.0 Å². The van der Waals surface area contributed by atoms with Crippen LogP contribution in [0.3, 0.4) is 0 Å². The Morgan fingerprint density at radius 1 is 1.03 bits per heavy atom. The van der Waals surface area contributed by atoms with Gasteiger partial charge in [-0.2, -0.15) is 0 Å². The predicted octanol–water partition coefficient (Wildman–Crippen LogP) is 2.29. The summed E-state index contributed by atoms with van der Waals surface area (Å²) in [5.41, 5.74) is 5.61. The van der Waals surface area contributed by atoms with E-state index in [2.05, 4.69) is 15.8 Å². The van der Waals surface area contributed by atoms with E-state index in [1.165, 1.54) is 18.7 Å². The van der Waals surface area contributed by atoms with E-state index in [1.54, 1.807) is 0 Å². The second-order valence-corrected chi connectivity index (χ2v) is 8.43. The molecule has 1 aromatic heterocycles. The molecule has 8 nitrogen and oxygen atoms in total. The quantitative estimate of drug-likeness (QED) is 0.612. The van der Waals surface area contributed by atoms with E-state index in [1.807, 2.05) is 0 Å². The van der Waals surface area contributed by atoms with Gasteiger partial charge in [-0.05, 0) is 31.1 Å². The normalized spacial score (nSPS) is 20.6. The lowest BCUT2D eigenvalue weighted by molar-refractivity contribution is -0.130. The Balaban J connectivity index is 1.69. The van der Waals surface area contributed by atoms with Crippen LogP contribution in [0.4, 0.5) is 0 Å². The standard InChI is InChI=1S/C21H32N4O4/c22-19(26)18(15-9-5-2-6-10-15)25-20(27)16(13-14-7-3-1-4-8-14)24-21(28)17-11-12-23-29-17/h11-12,14-16,18H,1-10,13H2,(H2,22,26)(H,24,28)(H,25,27). The van der Waals surface area contributed by atoms with Gasteiger partial charge in [0.15, 0.2) is 0 Å². The fourth-order valence-corrected chi connectivity index (χ4v) is 4.69. The van der Waals surface area contributed by atoms with E-state index in [0.717, 1.165) is 57.8 Å². The molecule has 4 N–H and O–H groups in total. The number of amides is 3. The molecule has 0 aromatic carbocycles. The number of hydrogen-bond acceptors (Lipinski definition) is 5. The Morgan fingerprint density at radius 3 is 2.28 bits per heavy atom. The number of carbonyl (C=O) groups excluding carboxylic acids is 3. The van der Waals surface area contributed by atoms with Crippen molar-refractivity contribution in [2.75, 3.05) is 0 Å². The topological polar surface area (TPSA) is 127 Å². The first-order valence-corrected chi connectivity index (χ1v) is 10.9. The van der Waals surface area contributed by atoms with Crippen LogP contribution in [0.5, 0.6) is 0 Å². The third-order valence-electron chi connectivity index (χ3n) is 6.30. The minimum absolute atomic E-state index is 0.0603. The highest BCUT2D eigenvalue weighted by Crippen LogP contribution is 2.29. The third kappa shape index (κ3) is 6.05. The van der Waals surface area contributed by atoms with Crippen LogP contribution in [0.25, 0.3) is 0 Å². The van der Waals surface area contributed by atoms with Crippen LogP contribution >= 0.6 is 0 Å². The number of primary amides is 1. The highest BCUT2D eigenvalue weighted by atomic mass is 16.5. The third-order valence-corrected chi connectivity index (χ3v) is 6.30. The first kappa shape index (κ1) is 21.3. The van der Waals surface area contributed by atoms with Gasteiger partial charge in [-0.25, -0.2) is 0 Å². The largest absolute Gasteiger partial charge is 0.368 e. The number of aromatic nitrogens is 1. The van der Waals surface area contributed by atoms with E-state index in [4.69, 9.17) is 10.3 Å². The molecule has 0 aliphatic heterocycles. The van der Waals surface area contributed by atoms with Crippen molar-refractivity contribution in [1.82, 2.24) is 15.8 Å². The van der Waals surface area contributed by atoms with Crippen molar-refractivity contribution in [3.63, 3.8) is 0 Å². The van der Waals surface area contributed by atoms with Crippen LogP contribution < -0.4 is 16.4 Å². The van der Waals surface area contributed by atoms with Gasteiger partial charge in [0.2, 0.25) is 17.6 Å². The summed E-state index contributed by atoms with van der Waals surface area (Å²) < 4.78 is 4.91. The van der Waals surface area contributed by atoms with Gasteiger partial charge in [0.1, 0.15) is 12.1 Å². The molecular weight excluding hydrogens is 372 g/mol. The van der Waals surface area contributed by atoms with Gasteiger partial charge in [0, 0.05) is 6.07 Å². The zero-order valence-electron chi connectivity index (χ0n) is 16.9. The van der Waals surface area contributed by atoms with Crippen LogP contribution in [0.2, 0.25) is 0 Å². The van der Waals surface area contributed by atoms with Crippen molar-refractivity contribution >= 4 is 17.7 Å². The summed E-state index contributed by atoms with van der Waals surface area (Å²) in [4.78, 5) is 37.6. The molecule has 3 rings (SSSR count). The number of nitrogens with two attached hydrogens (primary N) is 1. The zero-order chi connectivity index (χ0) is 20.6. The van der Waals surface area contributed by atoms with Crippen LogP contribution in [0.15, 0.2) is 16.8 Å². The van der Waals surface area contributed by atoms with Crippen LogP contribution in [0, 0.1) is 11.8 Å². The van der Waals surface area contributed by atoms with Gasteiger partial charge in [-0.1, -0.05) is 56.5 Å². The summed E-state index contributed by atoms with van der Waals surface area (Å²) in [6.07, 6.45) is 12.5. The van der Waals surface area contributed by atoms with Gasteiger partial charge in [-0.15, -0.1) is 0 Å². The molecule has 0 bridgehead atoms. The first-order valence-electron chi connectivity index (χ1n) is 10.9. The average Bonchev–Trinajstić information content (AvgIpc) is 3.27. The van der Waals surface area contributed by atoms with Crippen molar-refractivity contribution in [2.24, 2.45) is 17.6 Å². The van der Waals surface area contributed by atoms with Gasteiger partial charge in [0.25, 0.3) is 5.91 Å². The number of nitrogens with one attached hydrogen (secondary N) is 2. The molecule has 2 unspecified atom stereocenters. The smallest absolute Gasteiger partial charge is 0.290 e. The van der Waals surface area contributed by atoms with E-state index in [0.29, 0.717) is 12.3 Å². The lowest BCUT2D eigenvalue weighted by atomic mass is 9.82. The lowest BCUT2D eigenvalue weighted by Gasteiger charge is -2.31. The SMILES string of the molecule is NC(=O)C(NC(=O)C(CC1CCCCC1)NC(=O)c1ccno1)C1CCCCC1. The molecule has 2 fully saturated rings. The molecule has 2 aliphatic rings. The van der Waals surface area contributed by atoms with Crippen molar-refractivity contribution < 1.29 is 18.9 Å². The van der Waals surface area contributed by atoms with Gasteiger partial charge in [-0.3, -0.25) is 14.4 Å². The highest BCUT2D eigenvalue weighted by Gasteiger charge is 2.33. The molecule has 3 amide bonds. The Kier molecular flexibility index (Phi) is 7.66. The van der Waals surface area contributed by atoms with Crippen LogP contribution in [-0.2, 0) is 9.59 Å². The first-order chi connectivity index (χ1) is 14.0. The van der Waals surface area contributed by atoms with Crippen LogP contribution in [-0.4, -0.2) is 35.0 Å². The Hall–Kier alpha value is -2.38. The fraction of sp³-hybridized carbons (Fsp3) is 0.714. The number of hydrogen-bond donors (Lipinski definition) is 3. The van der Waals surface area contributed by atoms with Gasteiger partial charge >= 0.3 is 0 Å².